The topological polar surface area (TPSA) is 49.8 Å². The molecular formula is C18H25F2NO3. The Labute approximate surface area is 141 Å². The van der Waals surface area contributed by atoms with E-state index in [1.54, 1.807) is 27.8 Å². The summed E-state index contributed by atoms with van der Waals surface area (Å²) < 4.78 is 33.9. The highest BCUT2D eigenvalue weighted by Gasteiger charge is 2.51. The number of ether oxygens (including phenoxy) is 1. The molecule has 2 rings (SSSR count). The predicted octanol–water partition coefficient (Wildman–Crippen LogP) is 3.75. The van der Waals surface area contributed by atoms with E-state index in [1.165, 1.54) is 17.0 Å². The Morgan fingerprint density at radius 1 is 1.29 bits per heavy atom. The van der Waals surface area contributed by atoms with Crippen molar-refractivity contribution in [2.24, 2.45) is 0 Å². The number of hydrogen-bond acceptors (Lipinski definition) is 3. The molecule has 6 heteroatoms. The Morgan fingerprint density at radius 2 is 1.83 bits per heavy atom. The molecule has 1 aliphatic rings. The van der Waals surface area contributed by atoms with Crippen molar-refractivity contribution in [3.05, 3.63) is 34.9 Å². The molecule has 4 nitrogen and oxygen atoms in total. The number of carbonyl (C=O) groups excluding carboxylic acids is 1. The van der Waals surface area contributed by atoms with Crippen molar-refractivity contribution in [3.8, 4) is 0 Å². The first-order valence-corrected chi connectivity index (χ1v) is 8.17. The molecule has 1 aromatic carbocycles. The molecule has 1 fully saturated rings. The molecule has 1 aromatic rings. The van der Waals surface area contributed by atoms with E-state index in [-0.39, 0.29) is 18.6 Å². The van der Waals surface area contributed by atoms with Gasteiger partial charge in [0, 0.05) is 19.2 Å². The van der Waals surface area contributed by atoms with Crippen LogP contribution in [0.3, 0.4) is 0 Å². The third kappa shape index (κ3) is 3.86. The smallest absolute Gasteiger partial charge is 0.410 e. The number of nitrogens with zero attached hydrogens (tertiary/aromatic N) is 1. The van der Waals surface area contributed by atoms with Crippen LogP contribution in [0.5, 0.6) is 0 Å². The Morgan fingerprint density at radius 3 is 2.25 bits per heavy atom. The van der Waals surface area contributed by atoms with Gasteiger partial charge in [-0.1, -0.05) is 0 Å². The molecule has 1 saturated carbocycles. The van der Waals surface area contributed by atoms with E-state index < -0.39 is 28.9 Å². The van der Waals surface area contributed by atoms with Gasteiger partial charge >= 0.3 is 6.09 Å². The first-order valence-electron chi connectivity index (χ1n) is 8.17. The second-order valence-electron chi connectivity index (χ2n) is 7.32. The van der Waals surface area contributed by atoms with Gasteiger partial charge in [-0.15, -0.1) is 0 Å². The highest BCUT2D eigenvalue weighted by atomic mass is 19.1. The van der Waals surface area contributed by atoms with Crippen LogP contribution in [0.15, 0.2) is 12.1 Å². The van der Waals surface area contributed by atoms with Crippen LogP contribution in [0, 0.1) is 11.6 Å². The van der Waals surface area contributed by atoms with Gasteiger partial charge in [0.25, 0.3) is 0 Å². The van der Waals surface area contributed by atoms with Gasteiger partial charge in [-0.05, 0) is 64.2 Å². The second kappa shape index (κ2) is 6.67. The zero-order valence-corrected chi connectivity index (χ0v) is 14.7. The second-order valence-corrected chi connectivity index (χ2v) is 7.32. The zero-order chi connectivity index (χ0) is 18.1. The molecule has 0 bridgehead atoms. The molecule has 0 unspecified atom stereocenters. The van der Waals surface area contributed by atoms with Gasteiger partial charge < -0.3 is 14.7 Å². The largest absolute Gasteiger partial charge is 0.444 e. The van der Waals surface area contributed by atoms with Gasteiger partial charge in [0.1, 0.15) is 17.2 Å². The summed E-state index contributed by atoms with van der Waals surface area (Å²) in [5, 5.41) is 8.83. The maximum atomic E-state index is 14.3. The zero-order valence-electron chi connectivity index (χ0n) is 14.7. The Kier molecular flexibility index (Phi) is 5.18. The lowest BCUT2D eigenvalue weighted by Crippen LogP contribution is -2.41. The van der Waals surface area contributed by atoms with Gasteiger partial charge in [0.15, 0.2) is 0 Å². The van der Waals surface area contributed by atoms with Crippen molar-refractivity contribution >= 4 is 6.09 Å². The Hall–Kier alpha value is -1.69. The standard InChI is InChI=1S/C18H25F2NO3/c1-17(2,3)24-16(23)21(4)18(7-8-18)12-10-14(19)13(6-5-9-22)15(20)11-12/h10-11,22H,5-9H2,1-4H3. The molecule has 0 spiro atoms. The lowest BCUT2D eigenvalue weighted by Gasteiger charge is -2.31. The molecule has 24 heavy (non-hydrogen) atoms. The fourth-order valence-corrected chi connectivity index (χ4v) is 2.81. The third-order valence-electron chi connectivity index (χ3n) is 4.30. The monoisotopic (exact) mass is 341 g/mol. The van der Waals surface area contributed by atoms with Crippen molar-refractivity contribution in [1.29, 1.82) is 0 Å². The van der Waals surface area contributed by atoms with Crippen molar-refractivity contribution in [2.75, 3.05) is 13.7 Å². The molecule has 0 saturated heterocycles. The van der Waals surface area contributed by atoms with E-state index >= 15 is 0 Å². The van der Waals surface area contributed by atoms with Crippen LogP contribution in [0.25, 0.3) is 0 Å². The van der Waals surface area contributed by atoms with Crippen LogP contribution < -0.4 is 0 Å². The van der Waals surface area contributed by atoms with Crippen molar-refractivity contribution in [2.45, 2.75) is 57.6 Å². The van der Waals surface area contributed by atoms with Gasteiger partial charge in [-0.2, -0.15) is 0 Å². The lowest BCUT2D eigenvalue weighted by molar-refractivity contribution is 0.0189. The van der Waals surface area contributed by atoms with Crippen LogP contribution in [0.4, 0.5) is 13.6 Å². The lowest BCUT2D eigenvalue weighted by atomic mass is 9.99. The number of halogens is 2. The van der Waals surface area contributed by atoms with Crippen molar-refractivity contribution < 1.29 is 23.4 Å². The molecule has 0 atom stereocenters. The number of hydrogen-bond donors (Lipinski definition) is 1. The summed E-state index contributed by atoms with van der Waals surface area (Å²) in [6.45, 7) is 5.20. The Balaban J connectivity index is 2.25. The minimum Gasteiger partial charge on any atom is -0.444 e. The highest BCUT2D eigenvalue weighted by Crippen LogP contribution is 2.51. The maximum absolute atomic E-state index is 14.3. The van der Waals surface area contributed by atoms with E-state index in [1.807, 2.05) is 0 Å². The van der Waals surface area contributed by atoms with E-state index in [0.29, 0.717) is 24.8 Å². The first kappa shape index (κ1) is 18.6. The molecule has 1 N–H and O–H groups in total. The molecule has 1 aliphatic carbocycles. The van der Waals surface area contributed by atoms with E-state index in [9.17, 15) is 13.6 Å². The van der Waals surface area contributed by atoms with Crippen LogP contribution in [-0.2, 0) is 16.7 Å². The highest BCUT2D eigenvalue weighted by molar-refractivity contribution is 5.70. The van der Waals surface area contributed by atoms with Crippen LogP contribution in [0.1, 0.15) is 51.2 Å². The van der Waals surface area contributed by atoms with Crippen molar-refractivity contribution in [1.82, 2.24) is 4.90 Å². The van der Waals surface area contributed by atoms with Gasteiger partial charge in [-0.3, -0.25) is 0 Å². The summed E-state index contributed by atoms with van der Waals surface area (Å²) in [5.41, 5.74) is -0.923. The van der Waals surface area contributed by atoms with Gasteiger partial charge in [0.2, 0.25) is 0 Å². The number of rotatable bonds is 5. The van der Waals surface area contributed by atoms with Crippen LogP contribution in [-0.4, -0.2) is 35.4 Å². The Bertz CT molecular complexity index is 598. The average Bonchev–Trinajstić information content (AvgIpc) is 3.25. The summed E-state index contributed by atoms with van der Waals surface area (Å²) in [6, 6.07) is 2.59. The molecular weight excluding hydrogens is 316 g/mol. The number of aliphatic hydroxyl groups excluding tert-OH is 1. The van der Waals surface area contributed by atoms with E-state index in [0.717, 1.165) is 0 Å². The SMILES string of the molecule is CN(C(=O)OC(C)(C)C)C1(c2cc(F)c(CCCO)c(F)c2)CC1. The van der Waals surface area contributed by atoms with Gasteiger partial charge in [-0.25, -0.2) is 13.6 Å². The molecule has 0 aromatic heterocycles. The quantitative estimate of drug-likeness (QED) is 0.887. The first-order chi connectivity index (χ1) is 11.1. The van der Waals surface area contributed by atoms with E-state index in [4.69, 9.17) is 9.84 Å². The summed E-state index contributed by atoms with van der Waals surface area (Å²) in [4.78, 5) is 13.7. The van der Waals surface area contributed by atoms with Crippen LogP contribution >= 0.6 is 0 Å². The molecule has 0 heterocycles. The fraction of sp³-hybridized carbons (Fsp3) is 0.611. The van der Waals surface area contributed by atoms with Gasteiger partial charge in [0.05, 0.1) is 5.54 Å². The number of aliphatic hydroxyl groups is 1. The third-order valence-corrected chi connectivity index (χ3v) is 4.30. The minimum atomic E-state index is -0.709. The molecule has 1 amide bonds. The van der Waals surface area contributed by atoms with Crippen LogP contribution in [0.2, 0.25) is 0 Å². The molecule has 0 aliphatic heterocycles. The number of amides is 1. The molecule has 134 valence electrons. The summed E-state index contributed by atoms with van der Waals surface area (Å²) >= 11 is 0. The summed E-state index contributed by atoms with van der Waals surface area (Å²) in [6.07, 6.45) is 1.21. The van der Waals surface area contributed by atoms with E-state index in [2.05, 4.69) is 0 Å². The van der Waals surface area contributed by atoms with Crippen molar-refractivity contribution in [3.63, 3.8) is 0 Å². The predicted molar refractivity (Wildman–Crippen MR) is 86.7 cm³/mol. The normalized spacial score (nSPS) is 16.0. The number of benzene rings is 1. The maximum Gasteiger partial charge on any atom is 0.410 e. The fourth-order valence-electron chi connectivity index (χ4n) is 2.81. The summed E-state index contributed by atoms with van der Waals surface area (Å²) in [7, 11) is 1.59. The summed E-state index contributed by atoms with van der Waals surface area (Å²) in [5.74, 6) is -1.27. The molecule has 0 radical (unpaired) electrons. The average molecular weight is 341 g/mol. The minimum absolute atomic E-state index is 0.0245. The number of carbonyl (C=O) groups is 1.